The number of rotatable bonds is 3. The molecule has 3 heteroatoms. The number of phenols is 1. The van der Waals surface area contributed by atoms with Gasteiger partial charge >= 0.3 is 0 Å². The molecule has 0 aromatic heterocycles. The first-order valence-corrected chi connectivity index (χ1v) is 3.89. The van der Waals surface area contributed by atoms with Gasteiger partial charge in [0.05, 0.1) is 12.3 Å². The molecule has 66 valence electrons. The fourth-order valence-corrected chi connectivity index (χ4v) is 0.899. The van der Waals surface area contributed by atoms with Gasteiger partial charge in [-0.15, -0.1) is 0 Å². The number of ether oxygens (including phenoxy) is 1. The van der Waals surface area contributed by atoms with E-state index in [4.69, 9.17) is 10.5 Å². The summed E-state index contributed by atoms with van der Waals surface area (Å²) in [5.74, 6) is 0.118. The van der Waals surface area contributed by atoms with Crippen LogP contribution in [0.1, 0.15) is 12.5 Å². The number of phenolic OH excluding ortho intramolecular Hbond substituents is 1. The summed E-state index contributed by atoms with van der Waals surface area (Å²) >= 11 is 0. The molecule has 12 heavy (non-hydrogen) atoms. The Morgan fingerprint density at radius 3 is 2.83 bits per heavy atom. The number of anilines is 1. The van der Waals surface area contributed by atoms with Gasteiger partial charge < -0.3 is 15.6 Å². The molecule has 1 aromatic carbocycles. The largest absolute Gasteiger partial charge is 0.506 e. The summed E-state index contributed by atoms with van der Waals surface area (Å²) in [6.45, 7) is 3.12. The first kappa shape index (κ1) is 8.87. The average Bonchev–Trinajstić information content (AvgIpc) is 2.07. The van der Waals surface area contributed by atoms with Crippen LogP contribution < -0.4 is 5.73 Å². The molecule has 0 aliphatic rings. The van der Waals surface area contributed by atoms with Crippen LogP contribution in [0.4, 0.5) is 5.69 Å². The van der Waals surface area contributed by atoms with Crippen molar-refractivity contribution in [2.75, 3.05) is 12.3 Å². The minimum Gasteiger partial charge on any atom is -0.506 e. The molecule has 0 atom stereocenters. The quantitative estimate of drug-likeness (QED) is 0.530. The number of nitrogen functional groups attached to an aromatic ring is 1. The predicted octanol–water partition coefficient (Wildman–Crippen LogP) is 1.51. The van der Waals surface area contributed by atoms with Crippen LogP contribution in [-0.2, 0) is 11.3 Å². The second kappa shape index (κ2) is 3.97. The first-order chi connectivity index (χ1) is 5.74. The Labute approximate surface area is 71.8 Å². The number of nitrogens with two attached hydrogens (primary N) is 1. The van der Waals surface area contributed by atoms with Crippen molar-refractivity contribution in [1.29, 1.82) is 0 Å². The zero-order chi connectivity index (χ0) is 8.97. The van der Waals surface area contributed by atoms with Crippen LogP contribution in [0.5, 0.6) is 5.75 Å². The summed E-state index contributed by atoms with van der Waals surface area (Å²) in [7, 11) is 0. The van der Waals surface area contributed by atoms with Gasteiger partial charge in [-0.25, -0.2) is 0 Å². The molecule has 0 saturated heterocycles. The van der Waals surface area contributed by atoms with Crippen LogP contribution in [0.15, 0.2) is 18.2 Å². The Balaban J connectivity index is 2.69. The molecule has 3 N–H and O–H groups in total. The molecule has 0 spiro atoms. The Hall–Kier alpha value is -1.22. The van der Waals surface area contributed by atoms with Crippen LogP contribution >= 0.6 is 0 Å². The van der Waals surface area contributed by atoms with Crippen molar-refractivity contribution in [1.82, 2.24) is 0 Å². The summed E-state index contributed by atoms with van der Waals surface area (Å²) in [5, 5.41) is 9.22. The van der Waals surface area contributed by atoms with Gasteiger partial charge in [-0.3, -0.25) is 0 Å². The SMILES string of the molecule is CCOCc1ccc(N)c(O)c1. The second-order valence-corrected chi connectivity index (χ2v) is 2.53. The summed E-state index contributed by atoms with van der Waals surface area (Å²) in [6, 6.07) is 5.12. The van der Waals surface area contributed by atoms with Crippen LogP contribution in [0.25, 0.3) is 0 Å². The molecule has 0 heterocycles. The van der Waals surface area contributed by atoms with E-state index in [0.717, 1.165) is 5.56 Å². The molecule has 0 unspecified atom stereocenters. The van der Waals surface area contributed by atoms with Gasteiger partial charge in [0.1, 0.15) is 5.75 Å². The van der Waals surface area contributed by atoms with Gasteiger partial charge in [0, 0.05) is 6.61 Å². The van der Waals surface area contributed by atoms with Gasteiger partial charge in [-0.05, 0) is 24.6 Å². The number of hydrogen-bond acceptors (Lipinski definition) is 3. The van der Waals surface area contributed by atoms with Gasteiger partial charge in [-0.1, -0.05) is 6.07 Å². The molecule has 1 rings (SSSR count). The highest BCUT2D eigenvalue weighted by Crippen LogP contribution is 2.20. The molecular formula is C9H13NO2. The zero-order valence-corrected chi connectivity index (χ0v) is 7.08. The maximum Gasteiger partial charge on any atom is 0.138 e. The molecule has 1 aromatic rings. The van der Waals surface area contributed by atoms with E-state index in [-0.39, 0.29) is 5.75 Å². The normalized spacial score (nSPS) is 10.1. The number of hydrogen-bond donors (Lipinski definition) is 2. The second-order valence-electron chi connectivity index (χ2n) is 2.53. The van der Waals surface area contributed by atoms with E-state index in [2.05, 4.69) is 0 Å². The van der Waals surface area contributed by atoms with Crippen molar-refractivity contribution in [3.05, 3.63) is 23.8 Å². The van der Waals surface area contributed by atoms with Gasteiger partial charge in [0.25, 0.3) is 0 Å². The lowest BCUT2D eigenvalue weighted by atomic mass is 10.2. The van der Waals surface area contributed by atoms with E-state index >= 15 is 0 Å². The van der Waals surface area contributed by atoms with E-state index in [1.165, 1.54) is 0 Å². The molecule has 0 aliphatic carbocycles. The predicted molar refractivity (Wildman–Crippen MR) is 47.8 cm³/mol. The monoisotopic (exact) mass is 167 g/mol. The van der Waals surface area contributed by atoms with Gasteiger partial charge in [0.15, 0.2) is 0 Å². The minimum atomic E-state index is 0.118. The number of benzene rings is 1. The average molecular weight is 167 g/mol. The summed E-state index contributed by atoms with van der Waals surface area (Å²) in [5.41, 5.74) is 6.76. The van der Waals surface area contributed by atoms with E-state index in [1.807, 2.05) is 13.0 Å². The van der Waals surface area contributed by atoms with E-state index in [9.17, 15) is 5.11 Å². The van der Waals surface area contributed by atoms with E-state index in [1.54, 1.807) is 12.1 Å². The Bertz CT molecular complexity index is 261. The first-order valence-electron chi connectivity index (χ1n) is 3.89. The van der Waals surface area contributed by atoms with Gasteiger partial charge in [-0.2, -0.15) is 0 Å². The molecule has 0 amide bonds. The molecule has 0 saturated carbocycles. The molecule has 0 bridgehead atoms. The molecule has 3 nitrogen and oxygen atoms in total. The molecule has 0 radical (unpaired) electrons. The number of aromatic hydroxyl groups is 1. The van der Waals surface area contributed by atoms with E-state index < -0.39 is 0 Å². The summed E-state index contributed by atoms with van der Waals surface area (Å²) < 4.78 is 5.16. The Morgan fingerprint density at radius 1 is 1.50 bits per heavy atom. The maximum atomic E-state index is 9.22. The lowest BCUT2D eigenvalue weighted by Gasteiger charge is -2.03. The van der Waals surface area contributed by atoms with E-state index in [0.29, 0.717) is 18.9 Å². The van der Waals surface area contributed by atoms with Crippen molar-refractivity contribution in [3.63, 3.8) is 0 Å². The third kappa shape index (κ3) is 2.13. The highest BCUT2D eigenvalue weighted by Gasteiger charge is 1.97. The smallest absolute Gasteiger partial charge is 0.138 e. The Morgan fingerprint density at radius 2 is 2.25 bits per heavy atom. The third-order valence-electron chi connectivity index (χ3n) is 1.57. The maximum absolute atomic E-state index is 9.22. The highest BCUT2D eigenvalue weighted by atomic mass is 16.5. The fraction of sp³-hybridized carbons (Fsp3) is 0.333. The molecule has 0 aliphatic heterocycles. The highest BCUT2D eigenvalue weighted by molar-refractivity contribution is 5.52. The van der Waals surface area contributed by atoms with Crippen molar-refractivity contribution in [2.24, 2.45) is 0 Å². The van der Waals surface area contributed by atoms with Crippen molar-refractivity contribution in [2.45, 2.75) is 13.5 Å². The fourth-order valence-electron chi connectivity index (χ4n) is 0.899. The summed E-state index contributed by atoms with van der Waals surface area (Å²) in [6.07, 6.45) is 0. The van der Waals surface area contributed by atoms with Gasteiger partial charge in [0.2, 0.25) is 0 Å². The van der Waals surface area contributed by atoms with Crippen molar-refractivity contribution >= 4 is 5.69 Å². The summed E-state index contributed by atoms with van der Waals surface area (Å²) in [4.78, 5) is 0. The lowest BCUT2D eigenvalue weighted by Crippen LogP contribution is -1.93. The third-order valence-corrected chi connectivity index (χ3v) is 1.57. The minimum absolute atomic E-state index is 0.118. The standard InChI is InChI=1S/C9H13NO2/c1-2-12-6-7-3-4-8(10)9(11)5-7/h3-5,11H,2,6,10H2,1H3. The topological polar surface area (TPSA) is 55.5 Å². The van der Waals surface area contributed by atoms with Crippen LogP contribution in [0.3, 0.4) is 0 Å². The van der Waals surface area contributed by atoms with Crippen LogP contribution in [0.2, 0.25) is 0 Å². The van der Waals surface area contributed by atoms with Crippen molar-refractivity contribution < 1.29 is 9.84 Å². The Kier molecular flexibility index (Phi) is 2.94. The molecular weight excluding hydrogens is 154 g/mol. The van der Waals surface area contributed by atoms with Crippen molar-refractivity contribution in [3.8, 4) is 5.75 Å². The van der Waals surface area contributed by atoms with Crippen LogP contribution in [0, 0.1) is 0 Å². The van der Waals surface area contributed by atoms with Crippen LogP contribution in [-0.4, -0.2) is 11.7 Å². The lowest BCUT2D eigenvalue weighted by molar-refractivity contribution is 0.134. The molecule has 0 fully saturated rings. The zero-order valence-electron chi connectivity index (χ0n) is 7.08.